The van der Waals surface area contributed by atoms with Crippen molar-refractivity contribution in [1.82, 2.24) is 5.32 Å². The van der Waals surface area contributed by atoms with E-state index < -0.39 is 0 Å². The van der Waals surface area contributed by atoms with Gasteiger partial charge in [0.2, 0.25) is 11.8 Å². The third kappa shape index (κ3) is 5.42. The van der Waals surface area contributed by atoms with Gasteiger partial charge in [-0.3, -0.25) is 9.59 Å². The molecule has 2 aromatic carbocycles. The van der Waals surface area contributed by atoms with Gasteiger partial charge in [-0.05, 0) is 42.3 Å². The molecule has 2 rings (SSSR count). The molecule has 1 atom stereocenters. The molecule has 2 aromatic rings. The van der Waals surface area contributed by atoms with Crippen LogP contribution in [0.1, 0.15) is 31.0 Å². The number of hydrogen-bond acceptors (Lipinski definition) is 2. The summed E-state index contributed by atoms with van der Waals surface area (Å²) in [5, 5.41) is 6.29. The van der Waals surface area contributed by atoms with E-state index in [1.54, 1.807) is 18.2 Å². The zero-order valence-electron chi connectivity index (χ0n) is 13.1. The van der Waals surface area contributed by atoms with Gasteiger partial charge in [0.25, 0.3) is 0 Å². The third-order valence-electron chi connectivity index (χ3n) is 3.37. The van der Waals surface area contributed by atoms with E-state index in [2.05, 4.69) is 10.6 Å². The summed E-state index contributed by atoms with van der Waals surface area (Å²) in [7, 11) is 0. The Morgan fingerprint density at radius 1 is 1.13 bits per heavy atom. The van der Waals surface area contributed by atoms with Gasteiger partial charge in [0.1, 0.15) is 0 Å². The van der Waals surface area contributed by atoms with Crippen LogP contribution in [0, 0.1) is 0 Å². The van der Waals surface area contributed by atoms with Crippen LogP contribution in [0.4, 0.5) is 5.69 Å². The molecule has 0 heterocycles. The fourth-order valence-corrected chi connectivity index (χ4v) is 2.45. The van der Waals surface area contributed by atoms with E-state index in [9.17, 15) is 9.59 Å². The number of carbonyl (C=O) groups excluding carboxylic acids is 2. The van der Waals surface area contributed by atoms with Gasteiger partial charge in [0.05, 0.1) is 12.5 Å². The summed E-state index contributed by atoms with van der Waals surface area (Å²) >= 11 is 5.96. The van der Waals surface area contributed by atoms with Crippen LogP contribution in [0.15, 0.2) is 48.5 Å². The van der Waals surface area contributed by atoms with Crippen molar-refractivity contribution in [3.63, 3.8) is 0 Å². The minimum Gasteiger partial charge on any atom is -0.349 e. The van der Waals surface area contributed by atoms with Gasteiger partial charge in [-0.25, -0.2) is 0 Å². The molecule has 2 N–H and O–H groups in total. The Bertz CT molecular complexity index is 698. The molecule has 0 aromatic heterocycles. The number of anilines is 1. The summed E-state index contributed by atoms with van der Waals surface area (Å²) in [5.41, 5.74) is 2.57. The van der Waals surface area contributed by atoms with Crippen molar-refractivity contribution in [3.8, 4) is 0 Å². The summed E-state index contributed by atoms with van der Waals surface area (Å²) in [6, 6.07) is 14.5. The largest absolute Gasteiger partial charge is 0.349 e. The van der Waals surface area contributed by atoms with Crippen LogP contribution in [0.5, 0.6) is 0 Å². The minimum atomic E-state index is -0.120. The Kier molecular flexibility index (Phi) is 5.77. The second kappa shape index (κ2) is 7.79. The highest BCUT2D eigenvalue weighted by Crippen LogP contribution is 2.17. The highest BCUT2D eigenvalue weighted by molar-refractivity contribution is 6.30. The van der Waals surface area contributed by atoms with E-state index in [0.717, 1.165) is 11.1 Å². The predicted molar refractivity (Wildman–Crippen MR) is 92.5 cm³/mol. The molecule has 23 heavy (non-hydrogen) atoms. The molecule has 0 saturated carbocycles. The molecule has 5 heteroatoms. The standard InChI is InChI=1S/C18H19ClN2O2/c1-12(15-4-3-5-16(19)11-15)20-18(23)10-14-6-8-17(9-7-14)21-13(2)22/h3-9,11-12H,10H2,1-2H3,(H,20,23)(H,21,22)/t12-/m0/s1. The fourth-order valence-electron chi connectivity index (χ4n) is 2.25. The van der Waals surface area contributed by atoms with Gasteiger partial charge in [-0.1, -0.05) is 35.9 Å². The van der Waals surface area contributed by atoms with Crippen LogP contribution < -0.4 is 10.6 Å². The molecule has 0 radical (unpaired) electrons. The molecule has 0 saturated heterocycles. The molecule has 0 unspecified atom stereocenters. The lowest BCUT2D eigenvalue weighted by molar-refractivity contribution is -0.121. The maximum Gasteiger partial charge on any atom is 0.224 e. The zero-order valence-corrected chi connectivity index (χ0v) is 13.9. The van der Waals surface area contributed by atoms with Crippen LogP contribution in [0.25, 0.3) is 0 Å². The maximum atomic E-state index is 12.1. The van der Waals surface area contributed by atoms with Gasteiger partial charge < -0.3 is 10.6 Å². The van der Waals surface area contributed by atoms with Crippen molar-refractivity contribution >= 4 is 29.1 Å². The van der Waals surface area contributed by atoms with E-state index >= 15 is 0 Å². The smallest absolute Gasteiger partial charge is 0.224 e. The summed E-state index contributed by atoms with van der Waals surface area (Å²) in [5.74, 6) is -0.185. The van der Waals surface area contributed by atoms with Crippen LogP contribution in [-0.4, -0.2) is 11.8 Å². The van der Waals surface area contributed by atoms with Gasteiger partial charge >= 0.3 is 0 Å². The molecule has 0 bridgehead atoms. The summed E-state index contributed by atoms with van der Waals surface area (Å²) in [4.78, 5) is 23.1. The van der Waals surface area contributed by atoms with Crippen LogP contribution in [0.2, 0.25) is 5.02 Å². The minimum absolute atomic E-state index is 0.0650. The Hall–Kier alpha value is -2.33. The first-order chi connectivity index (χ1) is 10.9. The molecule has 0 aliphatic carbocycles. The molecule has 0 fully saturated rings. The Morgan fingerprint density at radius 2 is 1.83 bits per heavy atom. The van der Waals surface area contributed by atoms with Crippen molar-refractivity contribution in [2.75, 3.05) is 5.32 Å². The van der Waals surface area contributed by atoms with E-state index in [4.69, 9.17) is 11.6 Å². The number of hydrogen-bond donors (Lipinski definition) is 2. The average molecular weight is 331 g/mol. The number of amides is 2. The van der Waals surface area contributed by atoms with E-state index in [1.807, 2.05) is 37.3 Å². The van der Waals surface area contributed by atoms with Gasteiger partial charge in [-0.2, -0.15) is 0 Å². The van der Waals surface area contributed by atoms with E-state index in [0.29, 0.717) is 10.7 Å². The first-order valence-electron chi connectivity index (χ1n) is 7.35. The normalized spacial score (nSPS) is 11.6. The lowest BCUT2D eigenvalue weighted by atomic mass is 10.1. The summed E-state index contributed by atoms with van der Waals surface area (Å²) in [6.45, 7) is 3.38. The molecule has 2 amide bonds. The van der Waals surface area contributed by atoms with Gasteiger partial charge in [-0.15, -0.1) is 0 Å². The van der Waals surface area contributed by atoms with Gasteiger partial charge in [0.15, 0.2) is 0 Å². The first kappa shape index (κ1) is 17.0. The second-order valence-corrected chi connectivity index (χ2v) is 5.84. The predicted octanol–water partition coefficient (Wildman–Crippen LogP) is 3.72. The lowest BCUT2D eigenvalue weighted by Gasteiger charge is -2.15. The van der Waals surface area contributed by atoms with Crippen LogP contribution >= 0.6 is 11.6 Å². The van der Waals surface area contributed by atoms with Crippen molar-refractivity contribution in [1.29, 1.82) is 0 Å². The number of nitrogens with one attached hydrogen (secondary N) is 2. The number of benzene rings is 2. The Labute approximate surface area is 140 Å². The molecule has 0 aliphatic heterocycles. The third-order valence-corrected chi connectivity index (χ3v) is 3.60. The van der Waals surface area contributed by atoms with Crippen molar-refractivity contribution in [2.45, 2.75) is 26.3 Å². The number of carbonyl (C=O) groups is 2. The number of halogens is 1. The van der Waals surface area contributed by atoms with E-state index in [1.165, 1.54) is 6.92 Å². The lowest BCUT2D eigenvalue weighted by Crippen LogP contribution is -2.28. The van der Waals surface area contributed by atoms with Gasteiger partial charge in [0, 0.05) is 17.6 Å². The molecule has 0 spiro atoms. The average Bonchev–Trinajstić information content (AvgIpc) is 2.48. The summed E-state index contributed by atoms with van der Waals surface area (Å²) < 4.78 is 0. The molecule has 120 valence electrons. The Morgan fingerprint density at radius 3 is 2.43 bits per heavy atom. The molecular formula is C18H19ClN2O2. The second-order valence-electron chi connectivity index (χ2n) is 5.40. The highest BCUT2D eigenvalue weighted by Gasteiger charge is 2.10. The Balaban J connectivity index is 1.92. The van der Waals surface area contributed by atoms with Crippen molar-refractivity contribution in [3.05, 3.63) is 64.7 Å². The molecule has 4 nitrogen and oxygen atoms in total. The maximum absolute atomic E-state index is 12.1. The monoisotopic (exact) mass is 330 g/mol. The van der Waals surface area contributed by atoms with E-state index in [-0.39, 0.29) is 24.3 Å². The van der Waals surface area contributed by atoms with Crippen LogP contribution in [-0.2, 0) is 16.0 Å². The highest BCUT2D eigenvalue weighted by atomic mass is 35.5. The summed E-state index contributed by atoms with van der Waals surface area (Å²) in [6.07, 6.45) is 0.283. The topological polar surface area (TPSA) is 58.2 Å². The number of rotatable bonds is 5. The SMILES string of the molecule is CC(=O)Nc1ccc(CC(=O)N[C@@H](C)c2cccc(Cl)c2)cc1. The van der Waals surface area contributed by atoms with Crippen LogP contribution in [0.3, 0.4) is 0 Å². The van der Waals surface area contributed by atoms with Crippen molar-refractivity contribution < 1.29 is 9.59 Å². The zero-order chi connectivity index (χ0) is 16.8. The molecular weight excluding hydrogens is 312 g/mol. The quantitative estimate of drug-likeness (QED) is 0.877. The first-order valence-corrected chi connectivity index (χ1v) is 7.73. The van der Waals surface area contributed by atoms with Crippen molar-refractivity contribution in [2.24, 2.45) is 0 Å². The molecule has 0 aliphatic rings. The fraction of sp³-hybridized carbons (Fsp3) is 0.222.